The molecule has 4 heterocycles. The van der Waals surface area contributed by atoms with E-state index in [1.54, 1.807) is 37.5 Å². The fraction of sp³-hybridized carbons (Fsp3) is 0.310. The van der Waals surface area contributed by atoms with Crippen molar-refractivity contribution in [3.63, 3.8) is 0 Å². The molecule has 9 heteroatoms. The summed E-state index contributed by atoms with van der Waals surface area (Å²) in [5.41, 5.74) is 4.10. The van der Waals surface area contributed by atoms with Crippen molar-refractivity contribution in [3.8, 4) is 17.6 Å². The van der Waals surface area contributed by atoms with E-state index in [1.807, 2.05) is 32.0 Å². The molecule has 1 aromatic carbocycles. The summed E-state index contributed by atoms with van der Waals surface area (Å²) in [6.45, 7) is 4.23. The van der Waals surface area contributed by atoms with Crippen LogP contribution in [-0.2, 0) is 16.0 Å². The molecular formula is C29H28N4O5. The van der Waals surface area contributed by atoms with Gasteiger partial charge in [0.15, 0.2) is 5.60 Å². The van der Waals surface area contributed by atoms with Gasteiger partial charge in [-0.3, -0.25) is 19.6 Å². The Morgan fingerprint density at radius 1 is 1.21 bits per heavy atom. The van der Waals surface area contributed by atoms with Crippen molar-refractivity contribution >= 4 is 17.5 Å². The molecule has 0 bridgehead atoms. The zero-order valence-corrected chi connectivity index (χ0v) is 21.4. The molecule has 1 saturated heterocycles. The van der Waals surface area contributed by atoms with Gasteiger partial charge in [0.25, 0.3) is 11.8 Å². The Morgan fingerprint density at radius 3 is 2.76 bits per heavy atom. The molecule has 5 rings (SSSR count). The number of pyridine rings is 2. The van der Waals surface area contributed by atoms with Crippen molar-refractivity contribution in [1.82, 2.24) is 15.3 Å². The number of rotatable bonds is 4. The molecule has 9 nitrogen and oxygen atoms in total. The van der Waals surface area contributed by atoms with Gasteiger partial charge in [-0.05, 0) is 67.8 Å². The summed E-state index contributed by atoms with van der Waals surface area (Å²) >= 11 is 0. The van der Waals surface area contributed by atoms with Gasteiger partial charge in [0.1, 0.15) is 24.1 Å². The maximum atomic E-state index is 13.2. The number of amides is 2. The Kier molecular flexibility index (Phi) is 6.85. The smallest absolute Gasteiger partial charge is 0.270 e. The van der Waals surface area contributed by atoms with E-state index in [0.29, 0.717) is 23.4 Å². The number of fused-ring (bicyclic) bond motifs is 1. The maximum absolute atomic E-state index is 13.2. The minimum atomic E-state index is -1.14. The minimum absolute atomic E-state index is 0.0298. The van der Waals surface area contributed by atoms with Crippen molar-refractivity contribution in [2.45, 2.75) is 31.9 Å². The molecule has 2 aliphatic heterocycles. The molecular weight excluding hydrogens is 484 g/mol. The van der Waals surface area contributed by atoms with Crippen LogP contribution in [0.1, 0.15) is 38.6 Å². The SMILES string of the molecule is Cc1ccc(Cc2ccnc(C(=O)NC3COc4ccc(C#CC5(O)COC5)cc4N(C)C3=O)c2)c(C)n1. The molecule has 1 atom stereocenters. The minimum Gasteiger partial charge on any atom is -0.489 e. The zero-order chi connectivity index (χ0) is 26.9. The monoisotopic (exact) mass is 512 g/mol. The van der Waals surface area contributed by atoms with Gasteiger partial charge in [0.05, 0.1) is 18.9 Å². The maximum Gasteiger partial charge on any atom is 0.270 e. The number of aliphatic hydroxyl groups is 1. The third-order valence-electron chi connectivity index (χ3n) is 6.57. The molecule has 0 spiro atoms. The van der Waals surface area contributed by atoms with Crippen LogP contribution in [0.25, 0.3) is 0 Å². The molecule has 3 aromatic rings. The number of hydrogen-bond donors (Lipinski definition) is 2. The fourth-order valence-corrected chi connectivity index (χ4v) is 4.30. The van der Waals surface area contributed by atoms with Crippen LogP contribution in [0.4, 0.5) is 5.69 Å². The van der Waals surface area contributed by atoms with Crippen molar-refractivity contribution in [3.05, 3.63) is 82.4 Å². The quantitative estimate of drug-likeness (QED) is 0.514. The number of aromatic nitrogens is 2. The second-order valence-corrected chi connectivity index (χ2v) is 9.61. The molecule has 38 heavy (non-hydrogen) atoms. The van der Waals surface area contributed by atoms with Crippen LogP contribution in [-0.4, -0.2) is 65.4 Å². The Labute approximate surface area is 220 Å². The Bertz CT molecular complexity index is 1470. The van der Waals surface area contributed by atoms with Gasteiger partial charge in [-0.15, -0.1) is 0 Å². The number of nitrogens with one attached hydrogen (secondary N) is 1. The number of benzene rings is 1. The lowest BCUT2D eigenvalue weighted by atomic mass is 10.0. The van der Waals surface area contributed by atoms with Crippen molar-refractivity contribution < 1.29 is 24.2 Å². The second kappa shape index (κ2) is 10.2. The highest BCUT2D eigenvalue weighted by Gasteiger charge is 2.34. The van der Waals surface area contributed by atoms with E-state index in [-0.39, 0.29) is 31.4 Å². The molecule has 0 radical (unpaired) electrons. The summed E-state index contributed by atoms with van der Waals surface area (Å²) in [7, 11) is 1.62. The molecule has 0 aliphatic carbocycles. The second-order valence-electron chi connectivity index (χ2n) is 9.61. The van der Waals surface area contributed by atoms with Crippen LogP contribution in [0, 0.1) is 25.7 Å². The Hall–Kier alpha value is -4.26. The molecule has 194 valence electrons. The van der Waals surface area contributed by atoms with Gasteiger partial charge >= 0.3 is 0 Å². The highest BCUT2D eigenvalue weighted by atomic mass is 16.5. The van der Waals surface area contributed by atoms with Crippen LogP contribution < -0.4 is 15.0 Å². The standard InChI is InChI=1S/C29H28N4O5/c1-18-4-6-22(19(2)31-18)12-21-9-11-30-23(13-21)27(34)32-24-15-38-26-7-5-20(8-10-29(36)16-37-17-29)14-25(26)33(3)28(24)35/h4-7,9,11,13-14,24,36H,12,15-17H2,1-3H3,(H,32,34). The summed E-state index contributed by atoms with van der Waals surface area (Å²) in [6, 6.07) is 11.9. The first-order valence-corrected chi connectivity index (χ1v) is 12.3. The summed E-state index contributed by atoms with van der Waals surface area (Å²) in [5, 5.41) is 12.9. The average Bonchev–Trinajstić information content (AvgIpc) is 3.00. The number of ether oxygens (including phenoxy) is 2. The zero-order valence-electron chi connectivity index (χ0n) is 21.4. The lowest BCUT2D eigenvalue weighted by Gasteiger charge is -2.30. The van der Waals surface area contributed by atoms with Crippen LogP contribution in [0.3, 0.4) is 0 Å². The van der Waals surface area contributed by atoms with E-state index < -0.39 is 17.6 Å². The Morgan fingerprint density at radius 2 is 2.03 bits per heavy atom. The Balaban J connectivity index is 1.29. The third-order valence-corrected chi connectivity index (χ3v) is 6.57. The van der Waals surface area contributed by atoms with Crippen molar-refractivity contribution in [2.75, 3.05) is 31.8 Å². The third kappa shape index (κ3) is 5.37. The van der Waals surface area contributed by atoms with Crippen LogP contribution in [0.2, 0.25) is 0 Å². The first kappa shape index (κ1) is 25.4. The fourth-order valence-electron chi connectivity index (χ4n) is 4.30. The van der Waals surface area contributed by atoms with Gasteiger partial charge in [-0.2, -0.15) is 0 Å². The van der Waals surface area contributed by atoms with Gasteiger partial charge in [-0.25, -0.2) is 0 Å². The molecule has 2 aromatic heterocycles. The van der Waals surface area contributed by atoms with E-state index in [9.17, 15) is 14.7 Å². The lowest BCUT2D eigenvalue weighted by molar-refractivity contribution is -0.140. The normalized spacial score (nSPS) is 17.7. The van der Waals surface area contributed by atoms with E-state index in [2.05, 4.69) is 27.1 Å². The molecule has 1 fully saturated rings. The molecule has 2 amide bonds. The highest BCUT2D eigenvalue weighted by molar-refractivity contribution is 6.03. The summed E-state index contributed by atoms with van der Waals surface area (Å²) in [4.78, 5) is 36.5. The van der Waals surface area contributed by atoms with E-state index in [1.165, 1.54) is 4.90 Å². The topological polar surface area (TPSA) is 114 Å². The number of carbonyl (C=O) groups excluding carboxylic acids is 2. The van der Waals surface area contributed by atoms with E-state index in [0.717, 1.165) is 22.5 Å². The largest absolute Gasteiger partial charge is 0.489 e. The first-order chi connectivity index (χ1) is 18.2. The average molecular weight is 513 g/mol. The highest BCUT2D eigenvalue weighted by Crippen LogP contribution is 2.31. The lowest BCUT2D eigenvalue weighted by Crippen LogP contribution is -2.49. The number of carbonyl (C=O) groups is 2. The van der Waals surface area contributed by atoms with Gasteiger partial charge in [-0.1, -0.05) is 17.9 Å². The van der Waals surface area contributed by atoms with Crippen LogP contribution >= 0.6 is 0 Å². The first-order valence-electron chi connectivity index (χ1n) is 12.3. The van der Waals surface area contributed by atoms with Crippen LogP contribution in [0.15, 0.2) is 48.7 Å². The summed E-state index contributed by atoms with van der Waals surface area (Å²) < 4.78 is 10.9. The van der Waals surface area contributed by atoms with Gasteiger partial charge in [0, 0.05) is 30.2 Å². The predicted molar refractivity (Wildman–Crippen MR) is 140 cm³/mol. The number of hydrogen-bond acceptors (Lipinski definition) is 7. The van der Waals surface area contributed by atoms with Crippen molar-refractivity contribution in [2.24, 2.45) is 0 Å². The number of likely N-dealkylation sites (N-methyl/N-ethyl adjacent to an activating group) is 1. The van der Waals surface area contributed by atoms with Crippen molar-refractivity contribution in [1.29, 1.82) is 0 Å². The van der Waals surface area contributed by atoms with E-state index in [4.69, 9.17) is 9.47 Å². The molecule has 0 saturated carbocycles. The molecule has 2 N–H and O–H groups in total. The van der Waals surface area contributed by atoms with E-state index >= 15 is 0 Å². The number of nitrogens with zero attached hydrogens (tertiary/aromatic N) is 3. The predicted octanol–water partition coefficient (Wildman–Crippen LogP) is 1.95. The number of anilines is 1. The van der Waals surface area contributed by atoms with Gasteiger partial charge < -0.3 is 24.8 Å². The summed E-state index contributed by atoms with van der Waals surface area (Å²) in [6.07, 6.45) is 2.20. The molecule has 1 unspecified atom stereocenters. The summed E-state index contributed by atoms with van der Waals surface area (Å²) in [5.74, 6) is 5.44. The van der Waals surface area contributed by atoms with Gasteiger partial charge in [0.2, 0.25) is 0 Å². The number of aryl methyl sites for hydroxylation is 2. The molecule has 2 aliphatic rings. The van der Waals surface area contributed by atoms with Crippen LogP contribution in [0.5, 0.6) is 5.75 Å².